The molecule has 0 fully saturated rings. The average molecular weight is 652 g/mol. The van der Waals surface area contributed by atoms with Crippen LogP contribution in [0.4, 0.5) is 5.69 Å². The Morgan fingerprint density at radius 1 is 0.889 bits per heavy atom. The molecule has 0 spiro atoms. The minimum Gasteiger partial charge on any atom is -0.481 e. The number of aliphatic carboxylic acids is 1. The molecular formula is C35H42ClN3O5S. The van der Waals surface area contributed by atoms with E-state index in [1.165, 1.54) is 11.3 Å². The lowest BCUT2D eigenvalue weighted by Gasteiger charge is -2.18. The Hall–Kier alpha value is -4.05. The third kappa shape index (κ3) is 12.8. The van der Waals surface area contributed by atoms with Crippen molar-refractivity contribution in [2.75, 3.05) is 31.6 Å². The number of carboxylic acid groups (broad SMARTS) is 1. The first-order chi connectivity index (χ1) is 21.5. The number of halogens is 1. The van der Waals surface area contributed by atoms with Crippen molar-refractivity contribution >= 4 is 46.5 Å². The fourth-order valence-electron chi connectivity index (χ4n) is 4.19. The number of carbonyl (C=O) groups excluding carboxylic acids is 2. The zero-order valence-corrected chi connectivity index (χ0v) is 28.3. The number of likely N-dealkylation sites (N-methyl/N-ethyl adjacent to an activating group) is 1. The SMILES string of the molecule is CC(=O)O.CCN(CC)CC(=O)Nc1c(C)cccc1C.CCOC(=O)Cc1sc(-c2ccccc2)nc1-c1ccc(Cl)cc1. The predicted octanol–water partition coefficient (Wildman–Crippen LogP) is 7.91. The highest BCUT2D eigenvalue weighted by Crippen LogP contribution is 2.34. The summed E-state index contributed by atoms with van der Waals surface area (Å²) >= 11 is 7.49. The quantitative estimate of drug-likeness (QED) is 0.168. The van der Waals surface area contributed by atoms with E-state index in [-0.39, 0.29) is 18.3 Å². The molecule has 3 aromatic carbocycles. The summed E-state index contributed by atoms with van der Waals surface area (Å²) in [5.41, 5.74) is 5.95. The number of aryl methyl sites for hydroxylation is 2. The van der Waals surface area contributed by atoms with Gasteiger partial charge >= 0.3 is 5.97 Å². The molecule has 0 radical (unpaired) electrons. The largest absolute Gasteiger partial charge is 0.481 e. The maximum absolute atomic E-state index is 11.9. The van der Waals surface area contributed by atoms with Crippen LogP contribution in [0.1, 0.15) is 43.7 Å². The average Bonchev–Trinajstić information content (AvgIpc) is 3.42. The molecule has 45 heavy (non-hydrogen) atoms. The Morgan fingerprint density at radius 2 is 1.47 bits per heavy atom. The Balaban J connectivity index is 0.000000294. The molecule has 0 unspecified atom stereocenters. The topological polar surface area (TPSA) is 109 Å². The van der Waals surface area contributed by atoms with Gasteiger partial charge in [-0.15, -0.1) is 11.3 Å². The van der Waals surface area contributed by atoms with E-state index in [0.717, 1.165) is 63.5 Å². The van der Waals surface area contributed by atoms with Crippen LogP contribution >= 0.6 is 22.9 Å². The van der Waals surface area contributed by atoms with Crippen LogP contribution in [0.2, 0.25) is 5.02 Å². The highest BCUT2D eigenvalue weighted by atomic mass is 35.5. The standard InChI is InChI=1S/C19H16ClNO2S.C14H22N2O.C2H4O2/c1-2-23-17(22)12-16-18(13-8-10-15(20)11-9-13)21-19(24-16)14-6-4-3-5-7-14;1-5-16(6-2)10-13(17)15-14-11(3)8-7-9-12(14)4;1-2(3)4/h3-11H,2,12H2,1H3;7-9H,5-6,10H2,1-4H3,(H,15,17);1H3,(H,3,4). The molecule has 0 aliphatic rings. The fourth-order valence-corrected chi connectivity index (χ4v) is 5.39. The number of thiazole rings is 1. The van der Waals surface area contributed by atoms with E-state index in [2.05, 4.69) is 24.1 Å². The van der Waals surface area contributed by atoms with Crippen molar-refractivity contribution in [2.24, 2.45) is 0 Å². The molecule has 1 heterocycles. The van der Waals surface area contributed by atoms with E-state index in [4.69, 9.17) is 31.2 Å². The van der Waals surface area contributed by atoms with Crippen LogP contribution in [0.5, 0.6) is 0 Å². The van der Waals surface area contributed by atoms with Gasteiger partial charge in [0, 0.05) is 33.6 Å². The van der Waals surface area contributed by atoms with Crippen LogP contribution in [0, 0.1) is 13.8 Å². The predicted molar refractivity (Wildman–Crippen MR) is 184 cm³/mol. The number of hydrogen-bond donors (Lipinski definition) is 2. The van der Waals surface area contributed by atoms with Crippen LogP contribution in [0.25, 0.3) is 21.8 Å². The van der Waals surface area contributed by atoms with Gasteiger partial charge in [-0.25, -0.2) is 4.98 Å². The number of ether oxygens (including phenoxy) is 1. The van der Waals surface area contributed by atoms with Gasteiger partial charge in [0.2, 0.25) is 5.91 Å². The molecule has 240 valence electrons. The van der Waals surface area contributed by atoms with E-state index in [1.54, 1.807) is 6.92 Å². The van der Waals surface area contributed by atoms with Gasteiger partial charge in [0.25, 0.3) is 5.97 Å². The normalized spacial score (nSPS) is 10.2. The third-order valence-corrected chi connectivity index (χ3v) is 7.81. The zero-order valence-electron chi connectivity index (χ0n) is 26.7. The highest BCUT2D eigenvalue weighted by Gasteiger charge is 2.18. The van der Waals surface area contributed by atoms with E-state index >= 15 is 0 Å². The Morgan fingerprint density at radius 3 is 2.00 bits per heavy atom. The number of carbonyl (C=O) groups is 3. The van der Waals surface area contributed by atoms with E-state index in [1.807, 2.05) is 86.6 Å². The number of carboxylic acids is 1. The molecule has 0 saturated heterocycles. The number of benzene rings is 3. The van der Waals surface area contributed by atoms with Gasteiger partial charge in [0.1, 0.15) is 5.01 Å². The zero-order chi connectivity index (χ0) is 33.4. The van der Waals surface area contributed by atoms with Gasteiger partial charge in [0.05, 0.1) is 25.3 Å². The van der Waals surface area contributed by atoms with Crippen LogP contribution in [0.3, 0.4) is 0 Å². The van der Waals surface area contributed by atoms with Crippen LogP contribution in [-0.4, -0.2) is 59.1 Å². The van der Waals surface area contributed by atoms with Crippen LogP contribution in [0.15, 0.2) is 72.8 Å². The number of esters is 1. The van der Waals surface area contributed by atoms with E-state index < -0.39 is 5.97 Å². The summed E-state index contributed by atoms with van der Waals surface area (Å²) in [6, 6.07) is 23.5. The second kappa shape index (κ2) is 19.4. The molecule has 0 aliphatic heterocycles. The van der Waals surface area contributed by atoms with Gasteiger partial charge in [-0.3, -0.25) is 19.3 Å². The number of hydrogen-bond acceptors (Lipinski definition) is 7. The lowest BCUT2D eigenvalue weighted by Crippen LogP contribution is -2.33. The van der Waals surface area contributed by atoms with Crippen molar-refractivity contribution in [3.8, 4) is 21.8 Å². The molecular weight excluding hydrogens is 610 g/mol. The summed E-state index contributed by atoms with van der Waals surface area (Å²) in [5, 5.41) is 12.0. The van der Waals surface area contributed by atoms with Gasteiger partial charge in [-0.1, -0.05) is 86.1 Å². The molecule has 4 rings (SSSR count). The summed E-state index contributed by atoms with van der Waals surface area (Å²) in [6.07, 6.45) is 0.219. The molecule has 0 saturated carbocycles. The van der Waals surface area contributed by atoms with Gasteiger partial charge in [-0.2, -0.15) is 0 Å². The Bertz CT molecular complexity index is 1500. The van der Waals surface area contributed by atoms with Gasteiger partial charge in [-0.05, 0) is 57.1 Å². The van der Waals surface area contributed by atoms with Crippen molar-refractivity contribution < 1.29 is 24.2 Å². The van der Waals surface area contributed by atoms with Crippen molar-refractivity contribution in [3.05, 3.63) is 93.8 Å². The molecule has 4 aromatic rings. The second-order valence-corrected chi connectivity index (χ2v) is 11.5. The first-order valence-electron chi connectivity index (χ1n) is 14.7. The minimum absolute atomic E-state index is 0.0612. The maximum Gasteiger partial charge on any atom is 0.311 e. The van der Waals surface area contributed by atoms with E-state index in [0.29, 0.717) is 18.2 Å². The third-order valence-electron chi connectivity index (χ3n) is 6.45. The number of rotatable bonds is 10. The number of nitrogens with one attached hydrogen (secondary N) is 1. The number of amides is 1. The van der Waals surface area contributed by atoms with Crippen molar-refractivity contribution in [2.45, 2.75) is 48.0 Å². The lowest BCUT2D eigenvalue weighted by molar-refractivity contribution is -0.142. The Kier molecular flexibility index (Phi) is 16.0. The van der Waals surface area contributed by atoms with Gasteiger partial charge < -0.3 is 15.2 Å². The van der Waals surface area contributed by atoms with Crippen molar-refractivity contribution in [3.63, 3.8) is 0 Å². The smallest absolute Gasteiger partial charge is 0.311 e. The molecule has 10 heteroatoms. The highest BCUT2D eigenvalue weighted by molar-refractivity contribution is 7.15. The number of nitrogens with zero attached hydrogens (tertiary/aromatic N) is 2. The molecule has 1 aromatic heterocycles. The summed E-state index contributed by atoms with van der Waals surface area (Å²) in [5.74, 6) is -1.01. The molecule has 0 aliphatic carbocycles. The second-order valence-electron chi connectivity index (χ2n) is 9.94. The van der Waals surface area contributed by atoms with Crippen LogP contribution < -0.4 is 5.32 Å². The Labute approximate surface area is 275 Å². The molecule has 0 bridgehead atoms. The first kappa shape index (κ1) is 37.1. The number of anilines is 1. The fraction of sp³-hybridized carbons (Fsp3) is 0.314. The lowest BCUT2D eigenvalue weighted by atomic mass is 10.1. The van der Waals surface area contributed by atoms with Crippen molar-refractivity contribution in [1.82, 2.24) is 9.88 Å². The summed E-state index contributed by atoms with van der Waals surface area (Å²) in [4.78, 5) is 40.6. The molecule has 1 amide bonds. The number of aromatic nitrogens is 1. The summed E-state index contributed by atoms with van der Waals surface area (Å²) in [7, 11) is 0. The van der Waals surface area contributed by atoms with E-state index in [9.17, 15) is 9.59 Å². The molecule has 0 atom stereocenters. The molecule has 2 N–H and O–H groups in total. The van der Waals surface area contributed by atoms with Crippen molar-refractivity contribution in [1.29, 1.82) is 0 Å². The summed E-state index contributed by atoms with van der Waals surface area (Å²) in [6.45, 7) is 13.7. The first-order valence-corrected chi connectivity index (χ1v) is 15.9. The minimum atomic E-state index is -0.833. The van der Waals surface area contributed by atoms with Crippen LogP contribution in [-0.2, 0) is 25.5 Å². The maximum atomic E-state index is 11.9. The summed E-state index contributed by atoms with van der Waals surface area (Å²) < 4.78 is 5.09. The monoisotopic (exact) mass is 651 g/mol. The van der Waals surface area contributed by atoms with Gasteiger partial charge in [0.15, 0.2) is 0 Å². The number of para-hydroxylation sites is 1. The molecule has 8 nitrogen and oxygen atoms in total.